The van der Waals surface area contributed by atoms with Crippen molar-refractivity contribution in [1.29, 1.82) is 0 Å². The molecular weight excluding hydrogens is 192 g/mol. The fourth-order valence-electron chi connectivity index (χ4n) is 1.02. The Labute approximate surface area is 92.8 Å². The molecule has 0 aliphatic heterocycles. The molecule has 1 amide bonds. The van der Waals surface area contributed by atoms with E-state index >= 15 is 0 Å². The highest BCUT2D eigenvalue weighted by molar-refractivity contribution is 5.81. The molecule has 0 heterocycles. The Bertz CT molecular complexity index is 163. The lowest BCUT2D eigenvalue weighted by Crippen LogP contribution is -2.40. The van der Waals surface area contributed by atoms with E-state index in [1.54, 1.807) is 7.05 Å². The fraction of sp³-hybridized carbons (Fsp3) is 0.909. The molecule has 0 rings (SSSR count). The molecule has 0 spiro atoms. The van der Waals surface area contributed by atoms with Gasteiger partial charge in [0.05, 0.1) is 6.04 Å². The van der Waals surface area contributed by atoms with Crippen molar-refractivity contribution in [1.82, 2.24) is 10.6 Å². The molecule has 0 aromatic carbocycles. The van der Waals surface area contributed by atoms with Gasteiger partial charge in [-0.25, -0.2) is 0 Å². The smallest absolute Gasteiger partial charge is 0.236 e. The topological polar surface area (TPSA) is 50.4 Å². The molecule has 0 bridgehead atoms. The average molecular weight is 216 g/mol. The van der Waals surface area contributed by atoms with Crippen LogP contribution in [0.25, 0.3) is 0 Å². The van der Waals surface area contributed by atoms with Gasteiger partial charge in [-0.05, 0) is 26.8 Å². The standard InChI is InChI=1S/C11H24N2O2/c1-4-5-8-15-9-6-7-13-11(14)10(2)12-3/h10,12H,4-9H2,1-3H3,(H,13,14). The largest absolute Gasteiger partial charge is 0.381 e. The summed E-state index contributed by atoms with van der Waals surface area (Å²) in [5.41, 5.74) is 0. The molecule has 15 heavy (non-hydrogen) atoms. The Hall–Kier alpha value is -0.610. The molecule has 4 nitrogen and oxygen atoms in total. The first-order valence-corrected chi connectivity index (χ1v) is 5.75. The molecule has 0 saturated carbocycles. The minimum atomic E-state index is -0.119. The molecule has 2 N–H and O–H groups in total. The maximum atomic E-state index is 11.3. The Morgan fingerprint density at radius 1 is 1.33 bits per heavy atom. The third-order valence-electron chi connectivity index (χ3n) is 2.23. The van der Waals surface area contributed by atoms with Crippen LogP contribution in [-0.4, -0.2) is 38.8 Å². The summed E-state index contributed by atoms with van der Waals surface area (Å²) in [6, 6.07) is -0.119. The highest BCUT2D eigenvalue weighted by atomic mass is 16.5. The predicted octanol–water partition coefficient (Wildman–Crippen LogP) is 0.917. The van der Waals surface area contributed by atoms with Gasteiger partial charge in [0.25, 0.3) is 0 Å². The lowest BCUT2D eigenvalue weighted by molar-refractivity contribution is -0.122. The van der Waals surface area contributed by atoms with Gasteiger partial charge in [0, 0.05) is 19.8 Å². The molecular formula is C11H24N2O2. The van der Waals surface area contributed by atoms with Gasteiger partial charge >= 0.3 is 0 Å². The average Bonchev–Trinajstić information content (AvgIpc) is 2.26. The SMILES string of the molecule is CCCCOCCCNC(=O)C(C)NC. The number of ether oxygens (including phenoxy) is 1. The normalized spacial score (nSPS) is 12.5. The molecule has 0 saturated heterocycles. The summed E-state index contributed by atoms with van der Waals surface area (Å²) in [5.74, 6) is 0.0473. The number of carbonyl (C=O) groups is 1. The van der Waals surface area contributed by atoms with Crippen molar-refractivity contribution in [2.45, 2.75) is 39.2 Å². The van der Waals surface area contributed by atoms with Gasteiger partial charge in [-0.3, -0.25) is 4.79 Å². The minimum absolute atomic E-state index is 0.0473. The van der Waals surface area contributed by atoms with Crippen molar-refractivity contribution in [2.75, 3.05) is 26.8 Å². The van der Waals surface area contributed by atoms with Gasteiger partial charge in [-0.2, -0.15) is 0 Å². The van der Waals surface area contributed by atoms with E-state index in [1.807, 2.05) is 6.92 Å². The van der Waals surface area contributed by atoms with Crippen LogP contribution in [0, 0.1) is 0 Å². The van der Waals surface area contributed by atoms with Gasteiger partial charge in [0.15, 0.2) is 0 Å². The molecule has 0 aromatic rings. The van der Waals surface area contributed by atoms with Crippen LogP contribution in [0.1, 0.15) is 33.1 Å². The summed E-state index contributed by atoms with van der Waals surface area (Å²) in [6.07, 6.45) is 3.16. The van der Waals surface area contributed by atoms with Crippen molar-refractivity contribution >= 4 is 5.91 Å². The third kappa shape index (κ3) is 8.39. The predicted molar refractivity (Wildman–Crippen MR) is 61.9 cm³/mol. The molecule has 0 aliphatic carbocycles. The van der Waals surface area contributed by atoms with Crippen LogP contribution in [0.2, 0.25) is 0 Å². The van der Waals surface area contributed by atoms with E-state index in [4.69, 9.17) is 4.74 Å². The number of hydrogen-bond donors (Lipinski definition) is 2. The van der Waals surface area contributed by atoms with E-state index < -0.39 is 0 Å². The van der Waals surface area contributed by atoms with Gasteiger partial charge in [-0.15, -0.1) is 0 Å². The van der Waals surface area contributed by atoms with E-state index in [9.17, 15) is 4.79 Å². The van der Waals surface area contributed by atoms with E-state index in [1.165, 1.54) is 0 Å². The fourth-order valence-corrected chi connectivity index (χ4v) is 1.02. The molecule has 0 aliphatic rings. The maximum absolute atomic E-state index is 11.3. The summed E-state index contributed by atoms with van der Waals surface area (Å²) in [6.45, 7) is 6.23. The molecule has 1 atom stereocenters. The van der Waals surface area contributed by atoms with Crippen LogP contribution in [-0.2, 0) is 9.53 Å². The summed E-state index contributed by atoms with van der Waals surface area (Å²) in [4.78, 5) is 11.3. The second-order valence-electron chi connectivity index (χ2n) is 3.62. The lowest BCUT2D eigenvalue weighted by Gasteiger charge is -2.10. The third-order valence-corrected chi connectivity index (χ3v) is 2.23. The summed E-state index contributed by atoms with van der Waals surface area (Å²) >= 11 is 0. The number of amides is 1. The van der Waals surface area contributed by atoms with Crippen LogP contribution >= 0.6 is 0 Å². The Kier molecular flexibility index (Phi) is 9.52. The van der Waals surface area contributed by atoms with Gasteiger partial charge < -0.3 is 15.4 Å². The number of rotatable bonds is 9. The number of nitrogens with one attached hydrogen (secondary N) is 2. The zero-order chi connectivity index (χ0) is 11.5. The molecule has 0 fully saturated rings. The van der Waals surface area contributed by atoms with Crippen LogP contribution in [0.4, 0.5) is 0 Å². The Balaban J connectivity index is 3.20. The van der Waals surface area contributed by atoms with Crippen molar-refractivity contribution in [3.8, 4) is 0 Å². The van der Waals surface area contributed by atoms with Crippen LogP contribution in [0.3, 0.4) is 0 Å². The second-order valence-corrected chi connectivity index (χ2v) is 3.62. The maximum Gasteiger partial charge on any atom is 0.236 e. The Morgan fingerprint density at radius 2 is 2.00 bits per heavy atom. The number of likely N-dealkylation sites (N-methyl/N-ethyl adjacent to an activating group) is 1. The molecule has 0 radical (unpaired) electrons. The molecule has 4 heteroatoms. The van der Waals surface area contributed by atoms with Crippen LogP contribution < -0.4 is 10.6 Å². The second kappa shape index (κ2) is 9.93. The van der Waals surface area contributed by atoms with Crippen LogP contribution in [0.15, 0.2) is 0 Å². The first-order valence-electron chi connectivity index (χ1n) is 5.75. The van der Waals surface area contributed by atoms with Crippen molar-refractivity contribution < 1.29 is 9.53 Å². The van der Waals surface area contributed by atoms with Gasteiger partial charge in [0.1, 0.15) is 0 Å². The van der Waals surface area contributed by atoms with E-state index in [0.29, 0.717) is 6.54 Å². The van der Waals surface area contributed by atoms with E-state index in [2.05, 4.69) is 17.6 Å². The Morgan fingerprint density at radius 3 is 2.60 bits per heavy atom. The number of hydrogen-bond acceptors (Lipinski definition) is 3. The summed E-state index contributed by atoms with van der Waals surface area (Å²) in [7, 11) is 1.78. The zero-order valence-electron chi connectivity index (χ0n) is 10.1. The van der Waals surface area contributed by atoms with E-state index in [0.717, 1.165) is 32.5 Å². The van der Waals surface area contributed by atoms with Crippen LogP contribution in [0.5, 0.6) is 0 Å². The first-order chi connectivity index (χ1) is 7.22. The van der Waals surface area contributed by atoms with Gasteiger partial charge in [0.2, 0.25) is 5.91 Å². The number of carbonyl (C=O) groups excluding carboxylic acids is 1. The quantitative estimate of drug-likeness (QED) is 0.563. The highest BCUT2D eigenvalue weighted by Gasteiger charge is 2.07. The minimum Gasteiger partial charge on any atom is -0.381 e. The lowest BCUT2D eigenvalue weighted by atomic mass is 10.3. The summed E-state index contributed by atoms with van der Waals surface area (Å²) < 4.78 is 5.38. The molecule has 90 valence electrons. The monoisotopic (exact) mass is 216 g/mol. The highest BCUT2D eigenvalue weighted by Crippen LogP contribution is 1.89. The molecule has 1 unspecified atom stereocenters. The van der Waals surface area contributed by atoms with Crippen molar-refractivity contribution in [2.24, 2.45) is 0 Å². The summed E-state index contributed by atoms with van der Waals surface area (Å²) in [5, 5.41) is 5.73. The zero-order valence-corrected chi connectivity index (χ0v) is 10.1. The number of unbranched alkanes of at least 4 members (excludes halogenated alkanes) is 1. The van der Waals surface area contributed by atoms with Gasteiger partial charge in [-0.1, -0.05) is 13.3 Å². The molecule has 0 aromatic heterocycles. The first kappa shape index (κ1) is 14.4. The van der Waals surface area contributed by atoms with Crippen molar-refractivity contribution in [3.05, 3.63) is 0 Å². The van der Waals surface area contributed by atoms with E-state index in [-0.39, 0.29) is 11.9 Å². The van der Waals surface area contributed by atoms with Crippen molar-refractivity contribution in [3.63, 3.8) is 0 Å².